The van der Waals surface area contributed by atoms with Gasteiger partial charge in [0.05, 0.1) is 6.61 Å². The van der Waals surface area contributed by atoms with Gasteiger partial charge in [0.1, 0.15) is 5.75 Å². The molecule has 4 nitrogen and oxygen atoms in total. The maximum Gasteiger partial charge on any atom is 0.254 e. The summed E-state index contributed by atoms with van der Waals surface area (Å²) in [6.45, 7) is 9.68. The van der Waals surface area contributed by atoms with Crippen LogP contribution < -0.4 is 4.74 Å². The zero-order valence-electron chi connectivity index (χ0n) is 18.6. The summed E-state index contributed by atoms with van der Waals surface area (Å²) in [5, 5.41) is 2.23. The van der Waals surface area contributed by atoms with E-state index in [2.05, 4.69) is 41.8 Å². The van der Waals surface area contributed by atoms with E-state index in [-0.39, 0.29) is 5.91 Å². The van der Waals surface area contributed by atoms with Gasteiger partial charge in [0, 0.05) is 24.7 Å². The molecule has 0 radical (unpaired) electrons. The number of benzene rings is 2. The molecule has 0 bridgehead atoms. The highest BCUT2D eigenvalue weighted by Crippen LogP contribution is 2.27. The smallest absolute Gasteiger partial charge is 0.254 e. The monoisotopic (exact) mass is 408 g/mol. The van der Waals surface area contributed by atoms with Crippen LogP contribution in [0, 0.1) is 5.92 Å². The van der Waals surface area contributed by atoms with Gasteiger partial charge in [-0.05, 0) is 86.1 Å². The third-order valence-corrected chi connectivity index (χ3v) is 6.72. The second-order valence-electron chi connectivity index (χ2n) is 9.28. The van der Waals surface area contributed by atoms with Crippen LogP contribution in [-0.4, -0.2) is 54.5 Å². The Morgan fingerprint density at radius 1 is 1.00 bits per heavy atom. The number of ether oxygens (including phenoxy) is 1. The molecular formula is C26H36N2O2. The molecule has 0 spiro atoms. The van der Waals surface area contributed by atoms with E-state index in [9.17, 15) is 4.79 Å². The van der Waals surface area contributed by atoms with E-state index in [1.807, 2.05) is 18.2 Å². The second kappa shape index (κ2) is 9.82. The van der Waals surface area contributed by atoms with Crippen LogP contribution in [0.1, 0.15) is 62.7 Å². The lowest BCUT2D eigenvalue weighted by molar-refractivity contribution is 0.0701. The number of carbonyl (C=O) groups excluding carboxylic acids is 1. The Bertz CT molecular complexity index is 857. The lowest BCUT2D eigenvalue weighted by Crippen LogP contribution is -2.38. The maximum absolute atomic E-state index is 13.1. The van der Waals surface area contributed by atoms with Crippen molar-refractivity contribution in [3.63, 3.8) is 0 Å². The molecule has 2 fully saturated rings. The standard InChI is InChI=1S/C26H36N2O2/c1-20(2)25-8-6-16-28(25)26(29)23-10-9-22-19-24(12-11-21(22)18-23)30-17-7-15-27-13-4-3-5-14-27/h9-12,18-20,25H,3-8,13-17H2,1-2H3. The first kappa shape index (κ1) is 21.2. The fraction of sp³-hybridized carbons (Fsp3) is 0.577. The number of likely N-dealkylation sites (tertiary alicyclic amines) is 2. The summed E-state index contributed by atoms with van der Waals surface area (Å²) >= 11 is 0. The van der Waals surface area contributed by atoms with Gasteiger partial charge in [-0.25, -0.2) is 0 Å². The fourth-order valence-corrected chi connectivity index (χ4v) is 5.01. The Morgan fingerprint density at radius 3 is 2.57 bits per heavy atom. The second-order valence-corrected chi connectivity index (χ2v) is 9.28. The topological polar surface area (TPSA) is 32.8 Å². The van der Waals surface area contributed by atoms with Gasteiger partial charge in [-0.1, -0.05) is 32.4 Å². The minimum absolute atomic E-state index is 0.172. The molecule has 1 atom stereocenters. The predicted octanol–water partition coefficient (Wildman–Crippen LogP) is 5.36. The lowest BCUT2D eigenvalue weighted by Gasteiger charge is -2.27. The van der Waals surface area contributed by atoms with Crippen molar-refractivity contribution in [2.75, 3.05) is 32.8 Å². The average Bonchev–Trinajstić information content (AvgIpc) is 3.27. The van der Waals surface area contributed by atoms with Gasteiger partial charge in [-0.15, -0.1) is 0 Å². The molecule has 2 aromatic carbocycles. The van der Waals surface area contributed by atoms with Crippen molar-refractivity contribution in [1.82, 2.24) is 9.80 Å². The summed E-state index contributed by atoms with van der Waals surface area (Å²) in [5.41, 5.74) is 0.797. The number of nitrogens with zero attached hydrogens (tertiary/aromatic N) is 2. The summed E-state index contributed by atoms with van der Waals surface area (Å²) in [6.07, 6.45) is 7.36. The van der Waals surface area contributed by atoms with E-state index in [0.29, 0.717) is 12.0 Å². The normalized spacial score (nSPS) is 20.2. The molecule has 4 rings (SSSR count). The number of carbonyl (C=O) groups is 1. The SMILES string of the molecule is CC(C)C1CCCN1C(=O)c1ccc2cc(OCCCN3CCCCC3)ccc2c1. The first-order chi connectivity index (χ1) is 14.6. The molecule has 0 aromatic heterocycles. The van der Waals surface area contributed by atoms with Crippen LogP contribution in [0.4, 0.5) is 0 Å². The summed E-state index contributed by atoms with van der Waals surface area (Å²) in [6, 6.07) is 12.6. The molecule has 0 saturated carbocycles. The largest absolute Gasteiger partial charge is 0.494 e. The van der Waals surface area contributed by atoms with E-state index in [4.69, 9.17) is 4.74 Å². The number of fused-ring (bicyclic) bond motifs is 1. The first-order valence-corrected chi connectivity index (χ1v) is 11.8. The van der Waals surface area contributed by atoms with Gasteiger partial charge in [-0.3, -0.25) is 4.79 Å². The van der Waals surface area contributed by atoms with Crippen LogP contribution in [0.25, 0.3) is 10.8 Å². The van der Waals surface area contributed by atoms with E-state index in [1.54, 1.807) is 0 Å². The minimum Gasteiger partial charge on any atom is -0.494 e. The van der Waals surface area contributed by atoms with Crippen molar-refractivity contribution in [1.29, 1.82) is 0 Å². The molecule has 1 unspecified atom stereocenters. The minimum atomic E-state index is 0.172. The molecule has 162 valence electrons. The van der Waals surface area contributed by atoms with Gasteiger partial charge in [-0.2, -0.15) is 0 Å². The van der Waals surface area contributed by atoms with Crippen LogP contribution in [0.3, 0.4) is 0 Å². The van der Waals surface area contributed by atoms with Crippen molar-refractivity contribution < 1.29 is 9.53 Å². The number of hydrogen-bond acceptors (Lipinski definition) is 3. The van der Waals surface area contributed by atoms with E-state index in [1.165, 1.54) is 32.4 Å². The lowest BCUT2D eigenvalue weighted by atomic mass is 10.0. The summed E-state index contributed by atoms with van der Waals surface area (Å²) in [4.78, 5) is 17.7. The van der Waals surface area contributed by atoms with Crippen LogP contribution in [-0.2, 0) is 0 Å². The number of piperidine rings is 1. The summed E-state index contributed by atoms with van der Waals surface area (Å²) in [7, 11) is 0. The van der Waals surface area contributed by atoms with Crippen molar-refractivity contribution in [3.05, 3.63) is 42.0 Å². The summed E-state index contributed by atoms with van der Waals surface area (Å²) in [5.74, 6) is 1.59. The van der Waals surface area contributed by atoms with Crippen LogP contribution >= 0.6 is 0 Å². The average molecular weight is 409 g/mol. The van der Waals surface area contributed by atoms with Gasteiger partial charge in [0.25, 0.3) is 5.91 Å². The Labute approximate surface area is 181 Å². The zero-order chi connectivity index (χ0) is 20.9. The van der Waals surface area contributed by atoms with Crippen LogP contribution in [0.15, 0.2) is 36.4 Å². The molecule has 0 N–H and O–H groups in total. The Morgan fingerprint density at radius 2 is 1.77 bits per heavy atom. The van der Waals surface area contributed by atoms with Crippen LogP contribution in [0.5, 0.6) is 5.75 Å². The molecule has 2 aliphatic heterocycles. The summed E-state index contributed by atoms with van der Waals surface area (Å²) < 4.78 is 6.00. The molecule has 2 saturated heterocycles. The fourth-order valence-electron chi connectivity index (χ4n) is 5.01. The van der Waals surface area contributed by atoms with E-state index in [0.717, 1.165) is 61.0 Å². The maximum atomic E-state index is 13.1. The molecule has 2 aromatic rings. The Hall–Kier alpha value is -2.07. The molecule has 1 amide bonds. The number of rotatable bonds is 7. The number of amides is 1. The highest BCUT2D eigenvalue weighted by atomic mass is 16.5. The van der Waals surface area contributed by atoms with Gasteiger partial charge >= 0.3 is 0 Å². The quantitative estimate of drug-likeness (QED) is 0.579. The van der Waals surface area contributed by atoms with Crippen LogP contribution in [0.2, 0.25) is 0 Å². The van der Waals surface area contributed by atoms with Crippen molar-refractivity contribution in [2.24, 2.45) is 5.92 Å². The zero-order valence-corrected chi connectivity index (χ0v) is 18.6. The molecular weight excluding hydrogens is 372 g/mol. The third-order valence-electron chi connectivity index (χ3n) is 6.72. The van der Waals surface area contributed by atoms with Gasteiger partial charge in [0.15, 0.2) is 0 Å². The predicted molar refractivity (Wildman–Crippen MR) is 123 cm³/mol. The third kappa shape index (κ3) is 4.97. The van der Waals surface area contributed by atoms with Crippen molar-refractivity contribution >= 4 is 16.7 Å². The molecule has 2 aliphatic rings. The first-order valence-electron chi connectivity index (χ1n) is 11.8. The van der Waals surface area contributed by atoms with E-state index >= 15 is 0 Å². The Kier molecular flexibility index (Phi) is 6.93. The van der Waals surface area contributed by atoms with Crippen molar-refractivity contribution in [2.45, 2.75) is 58.4 Å². The molecule has 2 heterocycles. The molecule has 0 aliphatic carbocycles. The van der Waals surface area contributed by atoms with Gasteiger partial charge in [0.2, 0.25) is 0 Å². The van der Waals surface area contributed by atoms with Gasteiger partial charge < -0.3 is 14.5 Å². The highest BCUT2D eigenvalue weighted by Gasteiger charge is 2.31. The Balaban J connectivity index is 1.35. The number of hydrogen-bond donors (Lipinski definition) is 0. The highest BCUT2D eigenvalue weighted by molar-refractivity contribution is 5.99. The molecule has 4 heteroatoms. The van der Waals surface area contributed by atoms with E-state index < -0.39 is 0 Å². The van der Waals surface area contributed by atoms with Crippen molar-refractivity contribution in [3.8, 4) is 5.75 Å². The molecule has 30 heavy (non-hydrogen) atoms.